The fraction of sp³-hybridized carbons (Fsp3) is 0.267. The summed E-state index contributed by atoms with van der Waals surface area (Å²) in [5.41, 5.74) is 2.28. The van der Waals surface area contributed by atoms with Crippen LogP contribution in [0.2, 0.25) is 0 Å². The maximum Gasteiger partial charge on any atom is 0.0439 e. The molecule has 0 saturated carbocycles. The number of benzene rings is 1. The maximum absolute atomic E-state index is 8.74. The molecule has 0 spiro atoms. The molecule has 2 rings (SSSR count). The lowest BCUT2D eigenvalue weighted by Crippen LogP contribution is -1.99. The van der Waals surface area contributed by atoms with Gasteiger partial charge in [0.25, 0.3) is 0 Å². The van der Waals surface area contributed by atoms with E-state index in [1.807, 2.05) is 12.3 Å². The lowest BCUT2D eigenvalue weighted by atomic mass is 10.2. The van der Waals surface area contributed by atoms with Gasteiger partial charge in [-0.2, -0.15) is 0 Å². The van der Waals surface area contributed by atoms with Crippen molar-refractivity contribution >= 4 is 17.4 Å². The lowest BCUT2D eigenvalue weighted by molar-refractivity contribution is 0.296. The van der Waals surface area contributed by atoms with Gasteiger partial charge < -0.3 is 10.4 Å². The van der Waals surface area contributed by atoms with Gasteiger partial charge in [0.05, 0.1) is 0 Å². The van der Waals surface area contributed by atoms with Crippen molar-refractivity contribution in [3.63, 3.8) is 0 Å². The van der Waals surface area contributed by atoms with Crippen LogP contribution in [0.5, 0.6) is 0 Å². The third kappa shape index (κ3) is 4.93. The molecule has 0 aliphatic heterocycles. The summed E-state index contributed by atoms with van der Waals surface area (Å²) in [4.78, 5) is 5.33. The van der Waals surface area contributed by atoms with E-state index in [4.69, 9.17) is 5.11 Å². The molecule has 0 bridgehead atoms. The first-order valence-corrected chi connectivity index (χ1v) is 7.33. The third-order valence-electron chi connectivity index (χ3n) is 2.64. The molecule has 1 aromatic carbocycles. The second-order valence-corrected chi connectivity index (χ2v) is 5.33. The Hall–Kier alpha value is -1.52. The minimum Gasteiger partial charge on any atom is -0.396 e. The monoisotopic (exact) mass is 274 g/mol. The molecule has 2 aromatic rings. The van der Waals surface area contributed by atoms with Crippen molar-refractivity contribution in [2.24, 2.45) is 0 Å². The molecule has 0 amide bonds. The van der Waals surface area contributed by atoms with E-state index in [0.717, 1.165) is 24.4 Å². The van der Waals surface area contributed by atoms with E-state index in [1.165, 1.54) is 10.5 Å². The summed E-state index contributed by atoms with van der Waals surface area (Å²) in [7, 11) is 0. The second-order valence-electron chi connectivity index (χ2n) is 4.16. The lowest BCUT2D eigenvalue weighted by Gasteiger charge is -2.07. The van der Waals surface area contributed by atoms with Gasteiger partial charge >= 0.3 is 0 Å². The first kappa shape index (κ1) is 13.9. The van der Waals surface area contributed by atoms with Gasteiger partial charge in [-0.15, -0.1) is 11.8 Å². The number of aromatic nitrogens is 1. The number of nitrogens with one attached hydrogen (secondary N) is 1. The van der Waals surface area contributed by atoms with E-state index in [0.29, 0.717) is 0 Å². The molecule has 1 aromatic heterocycles. The summed E-state index contributed by atoms with van der Waals surface area (Å²) in [6.07, 6.45) is 4.49. The Morgan fingerprint density at radius 2 is 2.00 bits per heavy atom. The summed E-state index contributed by atoms with van der Waals surface area (Å²) in [5, 5.41) is 12.1. The summed E-state index contributed by atoms with van der Waals surface area (Å²) >= 11 is 1.77. The predicted molar refractivity (Wildman–Crippen MR) is 80.4 cm³/mol. The van der Waals surface area contributed by atoms with Crippen LogP contribution in [0, 0.1) is 0 Å². The van der Waals surface area contributed by atoms with Crippen molar-refractivity contribution in [3.05, 3.63) is 54.4 Å². The largest absolute Gasteiger partial charge is 0.396 e. The van der Waals surface area contributed by atoms with Crippen LogP contribution in [-0.4, -0.2) is 22.5 Å². The van der Waals surface area contributed by atoms with E-state index in [9.17, 15) is 0 Å². The minimum atomic E-state index is 0.262. The Labute approximate surface area is 118 Å². The highest BCUT2D eigenvalue weighted by molar-refractivity contribution is 7.99. The van der Waals surface area contributed by atoms with Gasteiger partial charge in [0, 0.05) is 41.9 Å². The summed E-state index contributed by atoms with van der Waals surface area (Å²) in [5.74, 6) is 0.957. The Balaban J connectivity index is 1.81. The van der Waals surface area contributed by atoms with Crippen LogP contribution in [0.3, 0.4) is 0 Å². The van der Waals surface area contributed by atoms with Crippen molar-refractivity contribution in [2.45, 2.75) is 17.9 Å². The van der Waals surface area contributed by atoms with Gasteiger partial charge in [-0.1, -0.05) is 6.07 Å². The molecule has 1 heterocycles. The Morgan fingerprint density at radius 3 is 2.68 bits per heavy atom. The number of anilines is 1. The number of hydrogen-bond acceptors (Lipinski definition) is 4. The molecule has 0 saturated heterocycles. The average Bonchev–Trinajstić information content (AvgIpc) is 2.48. The fourth-order valence-electron chi connectivity index (χ4n) is 1.63. The third-order valence-corrected chi connectivity index (χ3v) is 3.74. The first-order chi connectivity index (χ1) is 9.38. The smallest absolute Gasteiger partial charge is 0.0439 e. The van der Waals surface area contributed by atoms with Gasteiger partial charge in [-0.3, -0.25) is 4.98 Å². The molecule has 4 heteroatoms. The predicted octanol–water partition coefficient (Wildman–Crippen LogP) is 3.17. The Morgan fingerprint density at radius 1 is 1.16 bits per heavy atom. The minimum absolute atomic E-state index is 0.262. The average molecular weight is 274 g/mol. The zero-order chi connectivity index (χ0) is 13.3. The number of pyridine rings is 1. The number of aliphatic hydroxyl groups excluding tert-OH is 1. The van der Waals surface area contributed by atoms with Crippen molar-refractivity contribution in [2.75, 3.05) is 17.7 Å². The molecule has 3 nitrogen and oxygen atoms in total. The molecule has 19 heavy (non-hydrogen) atoms. The number of hydrogen-bond donors (Lipinski definition) is 2. The van der Waals surface area contributed by atoms with Crippen molar-refractivity contribution in [3.8, 4) is 0 Å². The molecule has 0 fully saturated rings. The van der Waals surface area contributed by atoms with Crippen LogP contribution in [0.4, 0.5) is 5.69 Å². The zero-order valence-electron chi connectivity index (χ0n) is 10.7. The zero-order valence-corrected chi connectivity index (χ0v) is 11.6. The number of thioether (sulfide) groups is 1. The molecule has 0 aliphatic rings. The van der Waals surface area contributed by atoms with Gasteiger partial charge in [-0.25, -0.2) is 0 Å². The van der Waals surface area contributed by atoms with Crippen LogP contribution in [0.1, 0.15) is 12.0 Å². The summed E-state index contributed by atoms with van der Waals surface area (Å²) < 4.78 is 0. The number of rotatable bonds is 7. The highest BCUT2D eigenvalue weighted by Gasteiger charge is 1.96. The van der Waals surface area contributed by atoms with Crippen LogP contribution >= 0.6 is 11.8 Å². The van der Waals surface area contributed by atoms with E-state index in [-0.39, 0.29) is 6.61 Å². The molecular weight excluding hydrogens is 256 g/mol. The highest BCUT2D eigenvalue weighted by atomic mass is 32.2. The quantitative estimate of drug-likeness (QED) is 0.601. The van der Waals surface area contributed by atoms with Gasteiger partial charge in [0.1, 0.15) is 0 Å². The van der Waals surface area contributed by atoms with Crippen molar-refractivity contribution < 1.29 is 5.11 Å². The molecule has 100 valence electrons. The van der Waals surface area contributed by atoms with Crippen LogP contribution < -0.4 is 5.32 Å². The first-order valence-electron chi connectivity index (χ1n) is 6.35. The van der Waals surface area contributed by atoms with E-state index in [1.54, 1.807) is 18.0 Å². The van der Waals surface area contributed by atoms with Crippen LogP contribution in [-0.2, 0) is 6.54 Å². The van der Waals surface area contributed by atoms with Gasteiger partial charge in [-0.05, 0) is 42.3 Å². The van der Waals surface area contributed by atoms with Crippen molar-refractivity contribution in [1.29, 1.82) is 0 Å². The highest BCUT2D eigenvalue weighted by Crippen LogP contribution is 2.21. The normalized spacial score (nSPS) is 10.4. The number of aliphatic hydroxyl groups is 1. The molecule has 0 atom stereocenters. The molecule has 2 N–H and O–H groups in total. The topological polar surface area (TPSA) is 45.1 Å². The fourth-order valence-corrected chi connectivity index (χ4v) is 2.47. The molecular formula is C15H18N2OS. The maximum atomic E-state index is 8.74. The van der Waals surface area contributed by atoms with Gasteiger partial charge in [0.2, 0.25) is 0 Å². The second kappa shape index (κ2) is 7.81. The summed E-state index contributed by atoms with van der Waals surface area (Å²) in [6, 6.07) is 12.4. The number of nitrogens with zero attached hydrogens (tertiary/aromatic N) is 1. The van der Waals surface area contributed by atoms with E-state index >= 15 is 0 Å². The SMILES string of the molecule is OCCCSc1ccc(NCc2cccnc2)cc1. The molecule has 0 unspecified atom stereocenters. The van der Waals surface area contributed by atoms with Crippen LogP contribution in [0.15, 0.2) is 53.7 Å². The summed E-state index contributed by atoms with van der Waals surface area (Å²) in [6.45, 7) is 1.04. The van der Waals surface area contributed by atoms with E-state index < -0.39 is 0 Å². The van der Waals surface area contributed by atoms with E-state index in [2.05, 4.69) is 40.6 Å². The standard InChI is InChI=1S/C15H18N2OS/c18-9-2-10-19-15-6-4-14(5-7-15)17-12-13-3-1-8-16-11-13/h1,3-8,11,17-18H,2,9-10,12H2. The van der Waals surface area contributed by atoms with Crippen molar-refractivity contribution in [1.82, 2.24) is 4.98 Å². The Kier molecular flexibility index (Phi) is 5.72. The van der Waals surface area contributed by atoms with Gasteiger partial charge in [0.15, 0.2) is 0 Å². The van der Waals surface area contributed by atoms with Crippen LogP contribution in [0.25, 0.3) is 0 Å². The Bertz CT molecular complexity index is 473. The molecule has 0 radical (unpaired) electrons. The molecule has 0 aliphatic carbocycles.